The van der Waals surface area contributed by atoms with Gasteiger partial charge in [0.25, 0.3) is 0 Å². The van der Waals surface area contributed by atoms with Crippen molar-refractivity contribution in [3.8, 4) is 0 Å². The number of carbonyl (C=O) groups excluding carboxylic acids is 1. The molecule has 4 heteroatoms. The first-order valence-electron chi connectivity index (χ1n) is 8.15. The first kappa shape index (κ1) is 15.4. The average molecular weight is 310 g/mol. The number of anilines is 3. The minimum atomic E-state index is -0.287. The third-order valence-corrected chi connectivity index (χ3v) is 4.18. The van der Waals surface area contributed by atoms with E-state index in [2.05, 4.69) is 29.6 Å². The van der Waals surface area contributed by atoms with Gasteiger partial charge in [-0.3, -0.25) is 4.90 Å². The Labute approximate surface area is 137 Å². The molecule has 1 N–H and O–H groups in total. The Morgan fingerprint density at radius 2 is 1.87 bits per heavy atom. The lowest BCUT2D eigenvalue weighted by molar-refractivity contribution is 0.160. The second-order valence-electron chi connectivity index (χ2n) is 5.53. The Hall–Kier alpha value is -2.49. The number of ether oxygens (including phenoxy) is 1. The van der Waals surface area contributed by atoms with Gasteiger partial charge in [-0.2, -0.15) is 0 Å². The average Bonchev–Trinajstić information content (AvgIpc) is 2.75. The molecule has 23 heavy (non-hydrogen) atoms. The quantitative estimate of drug-likeness (QED) is 0.906. The molecule has 1 aliphatic rings. The number of rotatable bonds is 3. The van der Waals surface area contributed by atoms with Crippen molar-refractivity contribution in [1.29, 1.82) is 0 Å². The molecule has 0 saturated carbocycles. The van der Waals surface area contributed by atoms with Crippen LogP contribution in [0.5, 0.6) is 0 Å². The van der Waals surface area contributed by atoms with Crippen LogP contribution in [0.25, 0.3) is 0 Å². The molecule has 2 aromatic rings. The highest BCUT2D eigenvalue weighted by molar-refractivity contribution is 5.90. The fraction of sp³-hybridized carbons (Fsp3) is 0.316. The molecule has 1 heterocycles. The molecule has 3 rings (SSSR count). The number of carbonyl (C=O) groups is 1. The second-order valence-corrected chi connectivity index (χ2v) is 5.53. The number of amides is 1. The Morgan fingerprint density at radius 1 is 1.09 bits per heavy atom. The highest BCUT2D eigenvalue weighted by atomic mass is 16.6. The summed E-state index contributed by atoms with van der Waals surface area (Å²) in [7, 11) is 0. The minimum Gasteiger partial charge on any atom is -0.449 e. The fourth-order valence-electron chi connectivity index (χ4n) is 3.07. The van der Waals surface area contributed by atoms with Crippen molar-refractivity contribution in [1.82, 2.24) is 0 Å². The third kappa shape index (κ3) is 3.02. The summed E-state index contributed by atoms with van der Waals surface area (Å²) in [5, 5.41) is 3.51. The predicted molar refractivity (Wildman–Crippen MR) is 93.6 cm³/mol. The Balaban J connectivity index is 2.00. The molecule has 2 aromatic carbocycles. The van der Waals surface area contributed by atoms with Crippen LogP contribution in [0.2, 0.25) is 0 Å². The van der Waals surface area contributed by atoms with E-state index < -0.39 is 0 Å². The zero-order valence-corrected chi connectivity index (χ0v) is 13.6. The zero-order chi connectivity index (χ0) is 16.2. The number of para-hydroxylation sites is 1. The molecule has 0 atom stereocenters. The highest BCUT2D eigenvalue weighted by Crippen LogP contribution is 2.35. The molecule has 0 radical (unpaired) electrons. The summed E-state index contributed by atoms with van der Waals surface area (Å²) in [6.45, 7) is 4.76. The summed E-state index contributed by atoms with van der Waals surface area (Å²) < 4.78 is 5.20. The van der Waals surface area contributed by atoms with E-state index in [1.165, 1.54) is 11.1 Å². The maximum Gasteiger partial charge on any atom is 0.414 e. The van der Waals surface area contributed by atoms with Gasteiger partial charge in [-0.1, -0.05) is 24.3 Å². The lowest BCUT2D eigenvalue weighted by Gasteiger charge is -2.24. The van der Waals surface area contributed by atoms with Crippen molar-refractivity contribution >= 4 is 23.2 Å². The van der Waals surface area contributed by atoms with Crippen LogP contribution in [0.3, 0.4) is 0 Å². The van der Waals surface area contributed by atoms with Crippen molar-refractivity contribution in [2.24, 2.45) is 0 Å². The van der Waals surface area contributed by atoms with E-state index in [0.717, 1.165) is 29.9 Å². The van der Waals surface area contributed by atoms with E-state index >= 15 is 0 Å². The topological polar surface area (TPSA) is 41.6 Å². The van der Waals surface area contributed by atoms with Crippen LogP contribution >= 0.6 is 0 Å². The highest BCUT2D eigenvalue weighted by Gasteiger charge is 2.22. The SMILES string of the molecule is CCOC(=O)N(CC)c1cccc2c1CCc1ccccc1N2. The molecule has 0 unspecified atom stereocenters. The van der Waals surface area contributed by atoms with Gasteiger partial charge in [0.1, 0.15) is 0 Å². The van der Waals surface area contributed by atoms with Gasteiger partial charge < -0.3 is 10.1 Å². The molecule has 0 fully saturated rings. The summed E-state index contributed by atoms with van der Waals surface area (Å²) in [6.07, 6.45) is 1.56. The van der Waals surface area contributed by atoms with Crippen LogP contribution in [0.15, 0.2) is 42.5 Å². The van der Waals surface area contributed by atoms with E-state index in [1.807, 2.05) is 32.0 Å². The number of nitrogens with one attached hydrogen (secondary N) is 1. The molecule has 4 nitrogen and oxygen atoms in total. The van der Waals surface area contributed by atoms with E-state index in [-0.39, 0.29) is 6.09 Å². The maximum atomic E-state index is 12.2. The number of aryl methyl sites for hydroxylation is 1. The van der Waals surface area contributed by atoms with Gasteiger partial charge in [-0.15, -0.1) is 0 Å². The van der Waals surface area contributed by atoms with Crippen molar-refractivity contribution in [3.63, 3.8) is 0 Å². The largest absolute Gasteiger partial charge is 0.449 e. The standard InChI is InChI=1S/C19H22N2O2/c1-3-21(19(22)23-4-2)18-11-7-10-17-15(18)13-12-14-8-5-6-9-16(14)20-17/h5-11,20H,3-4,12-13H2,1-2H3. The van der Waals surface area contributed by atoms with E-state index in [0.29, 0.717) is 13.2 Å². The van der Waals surface area contributed by atoms with E-state index in [1.54, 1.807) is 4.90 Å². The van der Waals surface area contributed by atoms with E-state index in [4.69, 9.17) is 4.74 Å². The van der Waals surface area contributed by atoms with Crippen molar-refractivity contribution in [3.05, 3.63) is 53.6 Å². The number of benzene rings is 2. The molecule has 0 saturated heterocycles. The maximum absolute atomic E-state index is 12.2. The fourth-order valence-corrected chi connectivity index (χ4v) is 3.07. The Morgan fingerprint density at radius 3 is 2.65 bits per heavy atom. The Kier molecular flexibility index (Phi) is 4.51. The van der Waals surface area contributed by atoms with Crippen LogP contribution in [-0.2, 0) is 17.6 Å². The summed E-state index contributed by atoms with van der Waals surface area (Å²) in [4.78, 5) is 14.0. The molecule has 1 aliphatic heterocycles. The normalized spacial score (nSPS) is 12.4. The smallest absolute Gasteiger partial charge is 0.414 e. The van der Waals surface area contributed by atoms with Crippen molar-refractivity contribution in [2.75, 3.05) is 23.4 Å². The molecule has 0 aliphatic carbocycles. The lowest BCUT2D eigenvalue weighted by atomic mass is 10.0. The van der Waals surface area contributed by atoms with Gasteiger partial charge in [-0.05, 0) is 56.0 Å². The molecule has 0 spiro atoms. The van der Waals surface area contributed by atoms with Crippen LogP contribution in [0.4, 0.5) is 21.9 Å². The number of hydrogen-bond donors (Lipinski definition) is 1. The second kappa shape index (κ2) is 6.73. The molecular weight excluding hydrogens is 288 g/mol. The predicted octanol–water partition coefficient (Wildman–Crippen LogP) is 4.51. The molecule has 0 aromatic heterocycles. The van der Waals surface area contributed by atoms with Crippen LogP contribution in [-0.4, -0.2) is 19.2 Å². The lowest BCUT2D eigenvalue weighted by Crippen LogP contribution is -2.32. The summed E-state index contributed by atoms with van der Waals surface area (Å²) in [6, 6.07) is 14.4. The third-order valence-electron chi connectivity index (χ3n) is 4.18. The summed E-state index contributed by atoms with van der Waals surface area (Å²) in [5.41, 5.74) is 5.61. The zero-order valence-electron chi connectivity index (χ0n) is 13.6. The van der Waals surface area contributed by atoms with Crippen LogP contribution in [0, 0.1) is 0 Å². The monoisotopic (exact) mass is 310 g/mol. The molecule has 120 valence electrons. The van der Waals surface area contributed by atoms with Gasteiger partial charge in [0.15, 0.2) is 0 Å². The number of fused-ring (bicyclic) bond motifs is 2. The molecule has 0 bridgehead atoms. The number of hydrogen-bond acceptors (Lipinski definition) is 3. The van der Waals surface area contributed by atoms with Crippen molar-refractivity contribution < 1.29 is 9.53 Å². The minimum absolute atomic E-state index is 0.287. The van der Waals surface area contributed by atoms with Gasteiger partial charge in [-0.25, -0.2) is 4.79 Å². The molecule has 1 amide bonds. The van der Waals surface area contributed by atoms with Crippen molar-refractivity contribution in [2.45, 2.75) is 26.7 Å². The van der Waals surface area contributed by atoms with E-state index in [9.17, 15) is 4.79 Å². The van der Waals surface area contributed by atoms with Gasteiger partial charge in [0, 0.05) is 17.9 Å². The first-order valence-corrected chi connectivity index (χ1v) is 8.15. The van der Waals surface area contributed by atoms with Gasteiger partial charge in [0.05, 0.1) is 12.3 Å². The summed E-state index contributed by atoms with van der Waals surface area (Å²) >= 11 is 0. The van der Waals surface area contributed by atoms with Crippen LogP contribution in [0.1, 0.15) is 25.0 Å². The van der Waals surface area contributed by atoms with Crippen LogP contribution < -0.4 is 10.2 Å². The van der Waals surface area contributed by atoms with Gasteiger partial charge >= 0.3 is 6.09 Å². The first-order chi connectivity index (χ1) is 11.2. The van der Waals surface area contributed by atoms with Gasteiger partial charge in [0.2, 0.25) is 0 Å². The summed E-state index contributed by atoms with van der Waals surface area (Å²) in [5.74, 6) is 0. The number of nitrogens with zero attached hydrogens (tertiary/aromatic N) is 1. The molecular formula is C19H22N2O2. The Bertz CT molecular complexity index is 712.